The number of amides is 1. The minimum atomic E-state index is 0.0829. The van der Waals surface area contributed by atoms with Gasteiger partial charge in [0.2, 0.25) is 0 Å². The second-order valence-corrected chi connectivity index (χ2v) is 7.58. The first-order valence-electron chi connectivity index (χ1n) is 9.50. The lowest BCUT2D eigenvalue weighted by Gasteiger charge is -2.22. The van der Waals surface area contributed by atoms with Gasteiger partial charge in [0.25, 0.3) is 5.91 Å². The summed E-state index contributed by atoms with van der Waals surface area (Å²) >= 11 is 0. The third kappa shape index (κ3) is 2.76. The van der Waals surface area contributed by atoms with Crippen molar-refractivity contribution >= 4 is 17.4 Å². The second-order valence-electron chi connectivity index (χ2n) is 7.58. The van der Waals surface area contributed by atoms with Crippen LogP contribution in [0, 0.1) is 18.8 Å². The van der Waals surface area contributed by atoms with Crippen LogP contribution in [0.3, 0.4) is 0 Å². The van der Waals surface area contributed by atoms with Crippen LogP contribution >= 0.6 is 0 Å². The molecule has 0 aliphatic carbocycles. The van der Waals surface area contributed by atoms with Crippen LogP contribution in [-0.2, 0) is 0 Å². The van der Waals surface area contributed by atoms with E-state index in [1.807, 2.05) is 48.2 Å². The van der Waals surface area contributed by atoms with Gasteiger partial charge in [-0.3, -0.25) is 4.79 Å². The molecule has 8 nitrogen and oxygen atoms in total. The maximum atomic E-state index is 12.9. The molecule has 2 aliphatic heterocycles. The summed E-state index contributed by atoms with van der Waals surface area (Å²) in [6.45, 7) is 5.28. The molecule has 1 aromatic carbocycles. The first-order chi connectivity index (χ1) is 13.6. The summed E-state index contributed by atoms with van der Waals surface area (Å²) < 4.78 is 7.02. The fourth-order valence-corrected chi connectivity index (χ4v) is 4.34. The van der Waals surface area contributed by atoms with E-state index in [0.717, 1.165) is 43.5 Å². The van der Waals surface area contributed by atoms with Crippen LogP contribution in [0.4, 0.5) is 5.82 Å². The van der Waals surface area contributed by atoms with Crippen molar-refractivity contribution in [1.29, 1.82) is 0 Å². The van der Waals surface area contributed by atoms with E-state index >= 15 is 0 Å². The molecule has 0 radical (unpaired) electrons. The highest BCUT2D eigenvalue weighted by Gasteiger charge is 2.42. The quantitative estimate of drug-likeness (QED) is 0.690. The van der Waals surface area contributed by atoms with Crippen molar-refractivity contribution in [3.8, 4) is 5.75 Å². The summed E-state index contributed by atoms with van der Waals surface area (Å²) in [6, 6.07) is 11.3. The van der Waals surface area contributed by atoms with Crippen LogP contribution in [0.5, 0.6) is 5.75 Å². The fourth-order valence-electron chi connectivity index (χ4n) is 4.34. The zero-order valence-electron chi connectivity index (χ0n) is 15.9. The average molecular weight is 378 g/mol. The lowest BCUT2D eigenvalue weighted by Crippen LogP contribution is -2.33. The number of aromatic nitrogens is 4. The van der Waals surface area contributed by atoms with Gasteiger partial charge in [-0.25, -0.2) is 0 Å². The number of benzene rings is 1. The molecule has 2 saturated heterocycles. The fraction of sp³-hybridized carbons (Fsp3) is 0.400. The summed E-state index contributed by atoms with van der Waals surface area (Å²) in [5, 5.41) is 12.9. The molecule has 2 fully saturated rings. The van der Waals surface area contributed by atoms with E-state index in [2.05, 4.69) is 20.2 Å². The average Bonchev–Trinajstić information content (AvgIpc) is 3.40. The highest BCUT2D eigenvalue weighted by Crippen LogP contribution is 2.34. The highest BCUT2D eigenvalue weighted by molar-refractivity contribution is 5.94. The molecule has 0 bridgehead atoms. The zero-order valence-corrected chi connectivity index (χ0v) is 15.9. The van der Waals surface area contributed by atoms with Crippen LogP contribution in [-0.4, -0.2) is 63.9 Å². The van der Waals surface area contributed by atoms with Gasteiger partial charge in [0.15, 0.2) is 11.5 Å². The Labute approximate surface area is 162 Å². The summed E-state index contributed by atoms with van der Waals surface area (Å²) in [6.07, 6.45) is 0. The Hall–Kier alpha value is -3.16. The number of methoxy groups -OCH3 is 1. The Bertz CT molecular complexity index is 1030. The molecule has 1 amide bonds. The molecule has 2 unspecified atom stereocenters. The predicted molar refractivity (Wildman–Crippen MR) is 104 cm³/mol. The third-order valence-corrected chi connectivity index (χ3v) is 5.82. The van der Waals surface area contributed by atoms with E-state index in [-0.39, 0.29) is 5.91 Å². The van der Waals surface area contributed by atoms with Crippen molar-refractivity contribution < 1.29 is 9.53 Å². The van der Waals surface area contributed by atoms with E-state index < -0.39 is 0 Å². The van der Waals surface area contributed by atoms with Gasteiger partial charge in [0.1, 0.15) is 11.6 Å². The standard InChI is InChI=1S/C20H22N6O2/c1-13-21-22-18-6-7-19(23-26(13)18)24-9-15-11-25(12-16(15)10-24)20(27)14-4-3-5-17(8-14)28-2/h3-8,15-16H,9-12H2,1-2H3. The predicted octanol–water partition coefficient (Wildman–Crippen LogP) is 1.65. The number of carbonyl (C=O) groups is 1. The van der Waals surface area contributed by atoms with Crippen LogP contribution in [0.2, 0.25) is 0 Å². The Morgan fingerprint density at radius 3 is 2.61 bits per heavy atom. The minimum absolute atomic E-state index is 0.0829. The number of ether oxygens (including phenoxy) is 1. The number of anilines is 1. The van der Waals surface area contributed by atoms with E-state index in [0.29, 0.717) is 23.1 Å². The number of hydrogen-bond acceptors (Lipinski definition) is 6. The number of nitrogens with zero attached hydrogens (tertiary/aromatic N) is 6. The number of rotatable bonds is 3. The molecule has 0 spiro atoms. The molecule has 3 aromatic rings. The Morgan fingerprint density at radius 1 is 1.07 bits per heavy atom. The molecule has 5 rings (SSSR count). The Kier molecular flexibility index (Phi) is 3.92. The van der Waals surface area contributed by atoms with Gasteiger partial charge >= 0.3 is 0 Å². The molecule has 2 atom stereocenters. The molecule has 2 aliphatic rings. The molecule has 8 heteroatoms. The van der Waals surface area contributed by atoms with Crippen molar-refractivity contribution in [3.05, 3.63) is 47.8 Å². The molecular weight excluding hydrogens is 356 g/mol. The summed E-state index contributed by atoms with van der Waals surface area (Å²) in [5.74, 6) is 3.45. The first-order valence-corrected chi connectivity index (χ1v) is 9.50. The summed E-state index contributed by atoms with van der Waals surface area (Å²) in [7, 11) is 1.62. The van der Waals surface area contributed by atoms with Crippen LogP contribution in [0.25, 0.3) is 5.65 Å². The normalized spacial score (nSPS) is 21.4. The molecule has 0 N–H and O–H groups in total. The topological polar surface area (TPSA) is 75.9 Å². The Morgan fingerprint density at radius 2 is 1.86 bits per heavy atom. The summed E-state index contributed by atoms with van der Waals surface area (Å²) in [4.78, 5) is 17.2. The minimum Gasteiger partial charge on any atom is -0.497 e. The SMILES string of the molecule is COc1cccc(C(=O)N2CC3CN(c4ccc5nnc(C)n5n4)CC3C2)c1. The second kappa shape index (κ2) is 6.47. The Balaban J connectivity index is 1.29. The van der Waals surface area contributed by atoms with E-state index in [4.69, 9.17) is 4.74 Å². The van der Waals surface area contributed by atoms with Gasteiger partial charge < -0.3 is 14.5 Å². The van der Waals surface area contributed by atoms with Crippen LogP contribution in [0.1, 0.15) is 16.2 Å². The van der Waals surface area contributed by atoms with Crippen molar-refractivity contribution in [1.82, 2.24) is 24.7 Å². The maximum absolute atomic E-state index is 12.9. The van der Waals surface area contributed by atoms with Gasteiger partial charge in [0, 0.05) is 43.6 Å². The maximum Gasteiger partial charge on any atom is 0.254 e. The zero-order chi connectivity index (χ0) is 19.3. The molecule has 0 saturated carbocycles. The number of fused-ring (bicyclic) bond motifs is 2. The smallest absolute Gasteiger partial charge is 0.254 e. The largest absolute Gasteiger partial charge is 0.497 e. The van der Waals surface area contributed by atoms with E-state index in [1.165, 1.54) is 0 Å². The molecule has 28 heavy (non-hydrogen) atoms. The molecular formula is C20H22N6O2. The molecule has 4 heterocycles. The highest BCUT2D eigenvalue weighted by atomic mass is 16.5. The van der Waals surface area contributed by atoms with Gasteiger partial charge in [-0.1, -0.05) is 6.07 Å². The lowest BCUT2D eigenvalue weighted by molar-refractivity contribution is 0.0782. The van der Waals surface area contributed by atoms with Crippen LogP contribution < -0.4 is 9.64 Å². The van der Waals surface area contributed by atoms with Crippen molar-refractivity contribution in [2.24, 2.45) is 11.8 Å². The van der Waals surface area contributed by atoms with E-state index in [9.17, 15) is 4.79 Å². The number of carbonyl (C=O) groups excluding carboxylic acids is 1. The van der Waals surface area contributed by atoms with Crippen LogP contribution in [0.15, 0.2) is 36.4 Å². The monoisotopic (exact) mass is 378 g/mol. The first kappa shape index (κ1) is 17.0. The molecule has 144 valence electrons. The van der Waals surface area contributed by atoms with Gasteiger partial charge in [-0.05, 0) is 37.3 Å². The van der Waals surface area contributed by atoms with Gasteiger partial charge in [-0.15, -0.1) is 15.3 Å². The molecule has 2 aromatic heterocycles. The van der Waals surface area contributed by atoms with Gasteiger partial charge in [-0.2, -0.15) is 4.52 Å². The lowest BCUT2D eigenvalue weighted by atomic mass is 10.0. The van der Waals surface area contributed by atoms with Crippen molar-refractivity contribution in [3.63, 3.8) is 0 Å². The number of aryl methyl sites for hydroxylation is 1. The number of likely N-dealkylation sites (tertiary alicyclic amines) is 1. The van der Waals surface area contributed by atoms with Gasteiger partial charge in [0.05, 0.1) is 7.11 Å². The van der Waals surface area contributed by atoms with Crippen molar-refractivity contribution in [2.75, 3.05) is 38.2 Å². The number of hydrogen-bond donors (Lipinski definition) is 0. The van der Waals surface area contributed by atoms with Crippen molar-refractivity contribution in [2.45, 2.75) is 6.92 Å². The third-order valence-electron chi connectivity index (χ3n) is 5.82. The van der Waals surface area contributed by atoms with E-state index in [1.54, 1.807) is 11.6 Å². The summed E-state index contributed by atoms with van der Waals surface area (Å²) in [5.41, 5.74) is 1.45.